The lowest BCUT2D eigenvalue weighted by atomic mass is 10.1. The van der Waals surface area contributed by atoms with Crippen LogP contribution in [0.3, 0.4) is 0 Å². The summed E-state index contributed by atoms with van der Waals surface area (Å²) in [5, 5.41) is 17.8. The summed E-state index contributed by atoms with van der Waals surface area (Å²) in [6, 6.07) is 16.3. The second-order valence-electron chi connectivity index (χ2n) is 11.2. The molecule has 0 unspecified atom stereocenters. The summed E-state index contributed by atoms with van der Waals surface area (Å²) in [6.45, 7) is 6.92. The van der Waals surface area contributed by atoms with Gasteiger partial charge < -0.3 is 29.1 Å². The van der Waals surface area contributed by atoms with E-state index >= 15 is 0 Å². The number of aromatic carboxylic acids is 1. The highest BCUT2D eigenvalue weighted by Gasteiger charge is 2.30. The summed E-state index contributed by atoms with van der Waals surface area (Å²) in [7, 11) is 1.62. The van der Waals surface area contributed by atoms with E-state index in [1.807, 2.05) is 62.1 Å². The predicted molar refractivity (Wildman–Crippen MR) is 158 cm³/mol. The monoisotopic (exact) mass is 573 g/mol. The highest BCUT2D eigenvalue weighted by molar-refractivity contribution is 5.96. The van der Waals surface area contributed by atoms with Crippen LogP contribution in [0.4, 0.5) is 16.2 Å². The number of aromatic amines is 1. The normalized spacial score (nSPS) is 15.3. The number of fused-ring (bicyclic) bond motifs is 1. The maximum absolute atomic E-state index is 12.7. The Morgan fingerprint density at radius 3 is 2.64 bits per heavy atom. The SMILES string of the molecule is COc1ccc(CN(c2cccc(C(=O)O)c2)c2ccnc3[nH]nc(O[C@@H]4CCCN(C(=O)OC(C)(C)C)C4)c23)cc1. The molecule has 1 aliphatic heterocycles. The zero-order chi connectivity index (χ0) is 29.9. The molecule has 2 aromatic carbocycles. The molecule has 42 heavy (non-hydrogen) atoms. The van der Waals surface area contributed by atoms with E-state index in [-0.39, 0.29) is 17.8 Å². The zero-order valence-corrected chi connectivity index (χ0v) is 24.2. The van der Waals surface area contributed by atoms with Crippen molar-refractivity contribution in [3.05, 3.63) is 71.9 Å². The number of carboxylic acids is 1. The van der Waals surface area contributed by atoms with Gasteiger partial charge in [0.2, 0.25) is 5.88 Å². The lowest BCUT2D eigenvalue weighted by Crippen LogP contribution is -2.46. The zero-order valence-electron chi connectivity index (χ0n) is 24.2. The standard InChI is InChI=1S/C31H35N5O6/c1-31(2,3)42-30(39)35-16-6-9-24(19-35)41-28-26-25(14-15-32-27(26)33-34-28)36(18-20-10-12-23(40-4)13-11-20)22-8-5-7-21(17-22)29(37)38/h5,7-8,10-15,17,24H,6,9,16,18-19H2,1-4H3,(H,37,38)(H,32,33,34)/t24-/m1/s1. The molecule has 1 fully saturated rings. The maximum atomic E-state index is 12.7. The van der Waals surface area contributed by atoms with Gasteiger partial charge in [-0.1, -0.05) is 18.2 Å². The van der Waals surface area contributed by atoms with E-state index in [0.29, 0.717) is 42.2 Å². The number of ether oxygens (including phenoxy) is 3. The number of hydrogen-bond donors (Lipinski definition) is 2. The number of carbonyl (C=O) groups excluding carboxylic acids is 1. The van der Waals surface area contributed by atoms with Crippen LogP contribution in [0.1, 0.15) is 49.5 Å². The van der Waals surface area contributed by atoms with Gasteiger partial charge in [0.05, 0.1) is 24.9 Å². The number of aromatic nitrogens is 3. The first-order chi connectivity index (χ1) is 20.1. The first kappa shape index (κ1) is 28.7. The van der Waals surface area contributed by atoms with Gasteiger partial charge in [0.25, 0.3) is 0 Å². The fourth-order valence-electron chi connectivity index (χ4n) is 4.94. The first-order valence-corrected chi connectivity index (χ1v) is 13.8. The number of H-pyrrole nitrogens is 1. The van der Waals surface area contributed by atoms with Crippen LogP contribution in [0.25, 0.3) is 11.0 Å². The van der Waals surface area contributed by atoms with Gasteiger partial charge in [-0.05, 0) is 75.6 Å². The first-order valence-electron chi connectivity index (χ1n) is 13.8. The number of carbonyl (C=O) groups is 2. The minimum Gasteiger partial charge on any atom is -0.497 e. The van der Waals surface area contributed by atoms with Crippen LogP contribution >= 0.6 is 0 Å². The quantitative estimate of drug-likeness (QED) is 0.269. The molecule has 4 aromatic rings. The largest absolute Gasteiger partial charge is 0.497 e. The second-order valence-corrected chi connectivity index (χ2v) is 11.2. The third-order valence-electron chi connectivity index (χ3n) is 6.91. The fourth-order valence-corrected chi connectivity index (χ4v) is 4.94. The predicted octanol–water partition coefficient (Wildman–Crippen LogP) is 5.78. The Kier molecular flexibility index (Phi) is 8.19. The van der Waals surface area contributed by atoms with Gasteiger partial charge in [0.1, 0.15) is 22.8 Å². The Balaban J connectivity index is 1.50. The molecule has 1 saturated heterocycles. The molecular weight excluding hydrogens is 538 g/mol. The van der Waals surface area contributed by atoms with Crippen LogP contribution in [-0.4, -0.2) is 69.2 Å². The Bertz CT molecular complexity index is 1560. The number of carboxylic acid groups (broad SMARTS) is 1. The third kappa shape index (κ3) is 6.56. The minimum atomic E-state index is -1.01. The van der Waals surface area contributed by atoms with Crippen LogP contribution in [-0.2, 0) is 11.3 Å². The van der Waals surface area contributed by atoms with Gasteiger partial charge in [-0.25, -0.2) is 14.6 Å². The molecule has 0 spiro atoms. The molecule has 1 aliphatic rings. The van der Waals surface area contributed by atoms with Gasteiger partial charge >= 0.3 is 12.1 Å². The molecule has 3 heterocycles. The molecular formula is C31H35N5O6. The molecule has 0 radical (unpaired) electrons. The number of piperidine rings is 1. The molecule has 0 saturated carbocycles. The van der Waals surface area contributed by atoms with Crippen molar-refractivity contribution in [2.75, 3.05) is 25.1 Å². The summed E-state index contributed by atoms with van der Waals surface area (Å²) in [4.78, 5) is 32.7. The van der Waals surface area contributed by atoms with Crippen molar-refractivity contribution in [1.29, 1.82) is 0 Å². The number of likely N-dealkylation sites (tertiary alicyclic amines) is 1. The van der Waals surface area contributed by atoms with Crippen LogP contribution in [0.15, 0.2) is 60.8 Å². The number of rotatable bonds is 8. The maximum Gasteiger partial charge on any atom is 0.410 e. The smallest absolute Gasteiger partial charge is 0.410 e. The highest BCUT2D eigenvalue weighted by Crippen LogP contribution is 2.38. The Hall–Kier alpha value is -4.80. The Morgan fingerprint density at radius 1 is 1.14 bits per heavy atom. The summed E-state index contributed by atoms with van der Waals surface area (Å²) in [5.74, 6) is 0.0847. The number of benzene rings is 2. The van der Waals surface area contributed by atoms with E-state index in [1.54, 1.807) is 36.4 Å². The van der Waals surface area contributed by atoms with Crippen molar-refractivity contribution >= 4 is 34.5 Å². The van der Waals surface area contributed by atoms with Crippen molar-refractivity contribution in [2.24, 2.45) is 0 Å². The minimum absolute atomic E-state index is 0.172. The molecule has 0 aliphatic carbocycles. The number of pyridine rings is 1. The lowest BCUT2D eigenvalue weighted by Gasteiger charge is -2.34. The number of anilines is 2. The van der Waals surface area contributed by atoms with Crippen LogP contribution in [0.5, 0.6) is 11.6 Å². The molecule has 11 nitrogen and oxygen atoms in total. The van der Waals surface area contributed by atoms with Gasteiger partial charge in [-0.3, -0.25) is 5.10 Å². The van der Waals surface area contributed by atoms with E-state index < -0.39 is 11.6 Å². The van der Waals surface area contributed by atoms with Crippen molar-refractivity contribution in [3.63, 3.8) is 0 Å². The van der Waals surface area contributed by atoms with E-state index in [2.05, 4.69) is 15.2 Å². The molecule has 2 aromatic heterocycles. The van der Waals surface area contributed by atoms with E-state index in [9.17, 15) is 14.7 Å². The number of nitrogens with zero attached hydrogens (tertiary/aromatic N) is 4. The van der Waals surface area contributed by atoms with Gasteiger partial charge in [0.15, 0.2) is 5.65 Å². The van der Waals surface area contributed by atoms with Crippen molar-refractivity contribution < 1.29 is 28.9 Å². The third-order valence-corrected chi connectivity index (χ3v) is 6.91. The Morgan fingerprint density at radius 2 is 1.93 bits per heavy atom. The summed E-state index contributed by atoms with van der Waals surface area (Å²) >= 11 is 0. The number of hydrogen-bond acceptors (Lipinski definition) is 8. The number of nitrogens with one attached hydrogen (secondary N) is 1. The number of methoxy groups -OCH3 is 1. The van der Waals surface area contributed by atoms with Crippen LogP contribution in [0, 0.1) is 0 Å². The molecule has 1 atom stereocenters. The van der Waals surface area contributed by atoms with Crippen molar-refractivity contribution in [3.8, 4) is 11.6 Å². The average Bonchev–Trinajstić information content (AvgIpc) is 3.38. The van der Waals surface area contributed by atoms with Crippen molar-refractivity contribution in [1.82, 2.24) is 20.1 Å². The fraction of sp³-hybridized carbons (Fsp3) is 0.355. The molecule has 220 valence electrons. The van der Waals surface area contributed by atoms with Crippen molar-refractivity contribution in [2.45, 2.75) is 51.9 Å². The number of amides is 1. The highest BCUT2D eigenvalue weighted by atomic mass is 16.6. The van der Waals surface area contributed by atoms with Gasteiger partial charge in [-0.15, -0.1) is 5.10 Å². The molecule has 11 heteroatoms. The van der Waals surface area contributed by atoms with E-state index in [1.165, 1.54) is 0 Å². The lowest BCUT2D eigenvalue weighted by molar-refractivity contribution is 0.00739. The molecule has 5 rings (SSSR count). The molecule has 1 amide bonds. The molecule has 2 N–H and O–H groups in total. The van der Waals surface area contributed by atoms with E-state index in [0.717, 1.165) is 29.8 Å². The van der Waals surface area contributed by atoms with Gasteiger partial charge in [0, 0.05) is 25.0 Å². The average molecular weight is 574 g/mol. The van der Waals surface area contributed by atoms with E-state index in [4.69, 9.17) is 14.2 Å². The summed E-state index contributed by atoms with van der Waals surface area (Å²) in [5.41, 5.74) is 2.51. The Labute approximate surface area is 244 Å². The van der Waals surface area contributed by atoms with Gasteiger partial charge in [-0.2, -0.15) is 0 Å². The van der Waals surface area contributed by atoms with Crippen LogP contribution in [0.2, 0.25) is 0 Å². The molecule has 0 bridgehead atoms. The van der Waals surface area contributed by atoms with Crippen LogP contribution < -0.4 is 14.4 Å². The summed E-state index contributed by atoms with van der Waals surface area (Å²) < 4.78 is 17.3. The second kappa shape index (κ2) is 12.0. The topological polar surface area (TPSA) is 130 Å². The summed E-state index contributed by atoms with van der Waals surface area (Å²) in [6.07, 6.45) is 2.53.